The van der Waals surface area contributed by atoms with E-state index in [1.165, 1.54) is 30.3 Å². The summed E-state index contributed by atoms with van der Waals surface area (Å²) in [5.74, 6) is -0.720. The third-order valence-corrected chi connectivity index (χ3v) is 2.49. The molecule has 96 valence electrons. The Hall–Kier alpha value is -2.96. The third-order valence-electron chi connectivity index (χ3n) is 2.49. The van der Waals surface area contributed by atoms with Crippen LogP contribution in [0.4, 0.5) is 5.69 Å². The zero-order chi connectivity index (χ0) is 14.0. The summed E-state index contributed by atoms with van der Waals surface area (Å²) < 4.78 is 5.15. The number of carbonyl (C=O) groups is 2. The van der Waals surface area contributed by atoms with Gasteiger partial charge >= 0.3 is 0 Å². The fourth-order valence-corrected chi connectivity index (χ4v) is 1.72. The number of aldehydes is 1. The molecule has 1 aromatic carbocycles. The van der Waals surface area contributed by atoms with E-state index >= 15 is 0 Å². The molecule has 0 saturated carbocycles. The van der Waals surface area contributed by atoms with Crippen LogP contribution in [-0.4, -0.2) is 17.1 Å². The fraction of sp³-hybridized carbons (Fsp3) is 0. The smallest absolute Gasteiger partial charge is 0.282 e. The number of nitro groups is 1. The number of furan rings is 1. The van der Waals surface area contributed by atoms with Crippen LogP contribution in [0, 0.1) is 10.1 Å². The van der Waals surface area contributed by atoms with E-state index < -0.39 is 16.5 Å². The molecule has 7 nitrogen and oxygen atoms in total. The molecule has 1 heterocycles. The Morgan fingerprint density at radius 1 is 1.32 bits per heavy atom. The second-order valence-electron chi connectivity index (χ2n) is 3.64. The van der Waals surface area contributed by atoms with Gasteiger partial charge in [-0.05, 0) is 18.2 Å². The maximum Gasteiger partial charge on any atom is 0.282 e. The van der Waals surface area contributed by atoms with E-state index in [1.807, 2.05) is 0 Å². The first-order chi connectivity index (χ1) is 9.04. The van der Waals surface area contributed by atoms with E-state index in [0.717, 1.165) is 0 Å². The van der Waals surface area contributed by atoms with Crippen molar-refractivity contribution in [1.82, 2.24) is 0 Å². The van der Waals surface area contributed by atoms with Crippen molar-refractivity contribution >= 4 is 17.9 Å². The molecule has 2 aromatic rings. The van der Waals surface area contributed by atoms with Gasteiger partial charge in [-0.25, -0.2) is 0 Å². The fourth-order valence-electron chi connectivity index (χ4n) is 1.72. The molecule has 2 N–H and O–H groups in total. The lowest BCUT2D eigenvalue weighted by Gasteiger charge is -2.04. The number of nitro benzene ring substituents is 1. The van der Waals surface area contributed by atoms with Crippen LogP contribution < -0.4 is 5.73 Å². The topological polar surface area (TPSA) is 116 Å². The summed E-state index contributed by atoms with van der Waals surface area (Å²) in [6, 6.07) is 6.87. The summed E-state index contributed by atoms with van der Waals surface area (Å²) in [5, 5.41) is 10.9. The number of amides is 1. The number of nitrogens with zero attached hydrogens (tertiary/aromatic N) is 1. The Morgan fingerprint density at radius 2 is 2.05 bits per heavy atom. The SMILES string of the molecule is NC(=O)c1c(-c2ccc(C=O)o2)cccc1[N+](=O)[O-]. The average molecular weight is 260 g/mol. The maximum absolute atomic E-state index is 11.4. The molecule has 1 amide bonds. The third kappa shape index (κ3) is 2.21. The molecule has 0 atom stereocenters. The van der Waals surface area contributed by atoms with Crippen molar-refractivity contribution in [3.63, 3.8) is 0 Å². The molecule has 19 heavy (non-hydrogen) atoms. The number of hydrogen-bond donors (Lipinski definition) is 1. The summed E-state index contributed by atoms with van der Waals surface area (Å²) in [7, 11) is 0. The van der Waals surface area contributed by atoms with Crippen molar-refractivity contribution in [2.45, 2.75) is 0 Å². The van der Waals surface area contributed by atoms with Crippen molar-refractivity contribution < 1.29 is 18.9 Å². The van der Waals surface area contributed by atoms with Crippen LogP contribution in [0.5, 0.6) is 0 Å². The molecule has 0 unspecified atom stereocenters. The van der Waals surface area contributed by atoms with Gasteiger partial charge in [-0.15, -0.1) is 0 Å². The molecule has 0 aliphatic heterocycles. The standard InChI is InChI=1S/C12H8N2O5/c13-12(16)11-8(2-1-3-9(11)14(17)18)10-5-4-7(6-15)19-10/h1-6H,(H2,13,16). The molecule has 0 fully saturated rings. The largest absolute Gasteiger partial charge is 0.453 e. The number of carbonyl (C=O) groups excluding carboxylic acids is 2. The zero-order valence-electron chi connectivity index (χ0n) is 9.53. The lowest BCUT2D eigenvalue weighted by Crippen LogP contribution is -2.14. The molecular weight excluding hydrogens is 252 g/mol. The van der Waals surface area contributed by atoms with Gasteiger partial charge in [0.15, 0.2) is 12.0 Å². The van der Waals surface area contributed by atoms with Gasteiger partial charge in [-0.3, -0.25) is 19.7 Å². The van der Waals surface area contributed by atoms with E-state index in [2.05, 4.69) is 0 Å². The molecule has 7 heteroatoms. The van der Waals surface area contributed by atoms with Crippen molar-refractivity contribution in [1.29, 1.82) is 0 Å². The second kappa shape index (κ2) is 4.73. The zero-order valence-corrected chi connectivity index (χ0v) is 9.53. The van der Waals surface area contributed by atoms with Gasteiger partial charge in [0.2, 0.25) is 0 Å². The van der Waals surface area contributed by atoms with Crippen LogP contribution >= 0.6 is 0 Å². The lowest BCUT2D eigenvalue weighted by atomic mass is 10.0. The van der Waals surface area contributed by atoms with Gasteiger partial charge in [-0.2, -0.15) is 0 Å². The number of primary amides is 1. The number of rotatable bonds is 4. The van der Waals surface area contributed by atoms with Gasteiger partial charge in [0.25, 0.3) is 11.6 Å². The highest BCUT2D eigenvalue weighted by Gasteiger charge is 2.24. The van der Waals surface area contributed by atoms with Crippen LogP contribution in [0.15, 0.2) is 34.7 Å². The van der Waals surface area contributed by atoms with Crippen LogP contribution in [-0.2, 0) is 0 Å². The van der Waals surface area contributed by atoms with E-state index in [-0.39, 0.29) is 22.6 Å². The van der Waals surface area contributed by atoms with Gasteiger partial charge in [0.05, 0.1) is 4.92 Å². The first-order valence-corrected chi connectivity index (χ1v) is 5.17. The average Bonchev–Trinajstić information content (AvgIpc) is 2.86. The molecule has 1 aromatic heterocycles. The second-order valence-corrected chi connectivity index (χ2v) is 3.64. The summed E-state index contributed by atoms with van der Waals surface area (Å²) in [5.41, 5.74) is 4.69. The summed E-state index contributed by atoms with van der Waals surface area (Å²) in [6.07, 6.45) is 0.491. The predicted octanol–water partition coefficient (Wildman–Crippen LogP) is 1.77. The molecule has 0 aliphatic rings. The minimum absolute atomic E-state index is 0.0527. The first kappa shape index (κ1) is 12.5. The van der Waals surface area contributed by atoms with Crippen molar-refractivity contribution in [2.75, 3.05) is 0 Å². The Kier molecular flexibility index (Phi) is 3.11. The first-order valence-electron chi connectivity index (χ1n) is 5.17. The van der Waals surface area contributed by atoms with Crippen LogP contribution in [0.3, 0.4) is 0 Å². The number of benzene rings is 1. The highest BCUT2D eigenvalue weighted by Crippen LogP contribution is 2.31. The van der Waals surface area contributed by atoms with Crippen LogP contribution in [0.25, 0.3) is 11.3 Å². The highest BCUT2D eigenvalue weighted by molar-refractivity contribution is 6.03. The monoisotopic (exact) mass is 260 g/mol. The minimum atomic E-state index is -0.939. The Morgan fingerprint density at radius 3 is 2.58 bits per heavy atom. The van der Waals surface area contributed by atoms with Gasteiger partial charge in [0.1, 0.15) is 11.3 Å². The van der Waals surface area contributed by atoms with E-state index in [9.17, 15) is 19.7 Å². The summed E-state index contributed by atoms with van der Waals surface area (Å²) in [4.78, 5) is 32.1. The molecule has 2 rings (SSSR count). The van der Waals surface area contributed by atoms with Crippen molar-refractivity contribution in [3.05, 3.63) is 51.8 Å². The number of hydrogen-bond acceptors (Lipinski definition) is 5. The Balaban J connectivity index is 2.69. The van der Waals surface area contributed by atoms with Crippen LogP contribution in [0.2, 0.25) is 0 Å². The Bertz CT molecular complexity index is 675. The van der Waals surface area contributed by atoms with E-state index in [0.29, 0.717) is 6.29 Å². The molecule has 0 aliphatic carbocycles. The predicted molar refractivity (Wildman–Crippen MR) is 64.7 cm³/mol. The quantitative estimate of drug-likeness (QED) is 0.510. The van der Waals surface area contributed by atoms with Crippen molar-refractivity contribution in [2.24, 2.45) is 5.73 Å². The molecular formula is C12H8N2O5. The molecule has 0 bridgehead atoms. The van der Waals surface area contributed by atoms with E-state index in [4.69, 9.17) is 10.2 Å². The minimum Gasteiger partial charge on any atom is -0.453 e. The highest BCUT2D eigenvalue weighted by atomic mass is 16.6. The van der Waals surface area contributed by atoms with Gasteiger partial charge < -0.3 is 10.2 Å². The maximum atomic E-state index is 11.4. The van der Waals surface area contributed by atoms with Gasteiger partial charge in [0, 0.05) is 11.6 Å². The Labute approximate surface area is 106 Å². The number of nitrogens with two attached hydrogens (primary N) is 1. The van der Waals surface area contributed by atoms with Crippen LogP contribution in [0.1, 0.15) is 20.9 Å². The van der Waals surface area contributed by atoms with Crippen molar-refractivity contribution in [3.8, 4) is 11.3 Å². The molecule has 0 radical (unpaired) electrons. The summed E-state index contributed by atoms with van der Waals surface area (Å²) >= 11 is 0. The van der Waals surface area contributed by atoms with Gasteiger partial charge in [-0.1, -0.05) is 6.07 Å². The summed E-state index contributed by atoms with van der Waals surface area (Å²) in [6.45, 7) is 0. The van der Waals surface area contributed by atoms with E-state index in [1.54, 1.807) is 0 Å². The molecule has 0 spiro atoms. The lowest BCUT2D eigenvalue weighted by molar-refractivity contribution is -0.385. The molecule has 0 saturated heterocycles. The normalized spacial score (nSPS) is 10.1.